The summed E-state index contributed by atoms with van der Waals surface area (Å²) in [7, 11) is -3.55. The molecule has 1 atom stereocenters. The van der Waals surface area contributed by atoms with E-state index in [2.05, 4.69) is 4.72 Å². The normalized spacial score (nSPS) is 13.3. The average Bonchev–Trinajstić information content (AvgIpc) is 2.85. The van der Waals surface area contributed by atoms with Gasteiger partial charge in [0.2, 0.25) is 10.0 Å². The molecule has 0 aliphatic carbocycles. The molecule has 7 heteroatoms. The number of rotatable bonds is 6. The molecular weight excluding hydrogens is 330 g/mol. The molecule has 0 amide bonds. The van der Waals surface area contributed by atoms with Crippen molar-refractivity contribution >= 4 is 33.0 Å². The lowest BCUT2D eigenvalue weighted by Crippen LogP contribution is -2.29. The van der Waals surface area contributed by atoms with Gasteiger partial charge in [0.25, 0.3) is 0 Å². The first-order valence-electron chi connectivity index (χ1n) is 6.32. The molecule has 2 rings (SSSR count). The number of aliphatic hydroxyl groups is 1. The van der Waals surface area contributed by atoms with Crippen molar-refractivity contribution in [2.24, 2.45) is 0 Å². The first kappa shape index (κ1) is 16.5. The third-order valence-electron chi connectivity index (χ3n) is 3.00. The Labute approximate surface area is 133 Å². The van der Waals surface area contributed by atoms with Gasteiger partial charge in [0.05, 0.1) is 5.75 Å². The zero-order chi connectivity index (χ0) is 15.5. The van der Waals surface area contributed by atoms with Gasteiger partial charge in [-0.05, 0) is 35.6 Å². The fraction of sp³-hybridized carbons (Fsp3) is 0.286. The van der Waals surface area contributed by atoms with Crippen molar-refractivity contribution in [3.8, 4) is 0 Å². The van der Waals surface area contributed by atoms with Crippen molar-refractivity contribution in [3.05, 3.63) is 56.7 Å². The Morgan fingerprint density at radius 3 is 2.67 bits per heavy atom. The van der Waals surface area contributed by atoms with Gasteiger partial charge in [0.15, 0.2) is 0 Å². The molecule has 2 N–H and O–H groups in total. The van der Waals surface area contributed by atoms with Crippen LogP contribution in [0.3, 0.4) is 0 Å². The van der Waals surface area contributed by atoms with Gasteiger partial charge in [-0.3, -0.25) is 0 Å². The van der Waals surface area contributed by atoms with E-state index in [9.17, 15) is 13.5 Å². The molecule has 0 fully saturated rings. The number of hydrogen-bond acceptors (Lipinski definition) is 4. The van der Waals surface area contributed by atoms with Gasteiger partial charge in [-0.15, -0.1) is 11.3 Å². The van der Waals surface area contributed by atoms with Crippen molar-refractivity contribution in [2.45, 2.75) is 18.8 Å². The van der Waals surface area contributed by atoms with Crippen LogP contribution in [0.15, 0.2) is 35.7 Å². The molecule has 1 heterocycles. The van der Waals surface area contributed by atoms with Crippen molar-refractivity contribution < 1.29 is 13.5 Å². The summed E-state index contributed by atoms with van der Waals surface area (Å²) >= 11 is 7.36. The number of thiophene rings is 1. The molecule has 2 aromatic rings. The number of aryl methyl sites for hydroxylation is 1. The average molecular weight is 346 g/mol. The van der Waals surface area contributed by atoms with Crippen LogP contribution in [0.5, 0.6) is 0 Å². The second-order valence-corrected chi connectivity index (χ2v) is 7.84. The molecule has 0 radical (unpaired) electrons. The van der Waals surface area contributed by atoms with Gasteiger partial charge < -0.3 is 5.11 Å². The van der Waals surface area contributed by atoms with Crippen LogP contribution in [0.1, 0.15) is 22.1 Å². The highest BCUT2D eigenvalue weighted by Crippen LogP contribution is 2.23. The van der Waals surface area contributed by atoms with Crippen LogP contribution in [0.4, 0.5) is 0 Å². The third-order valence-corrected chi connectivity index (χ3v) is 5.79. The monoisotopic (exact) mass is 345 g/mol. The number of benzene rings is 1. The number of nitrogens with one attached hydrogen (secondary N) is 1. The Hall–Kier alpha value is -0.920. The first-order valence-corrected chi connectivity index (χ1v) is 9.23. The van der Waals surface area contributed by atoms with E-state index in [0.717, 1.165) is 10.4 Å². The largest absolute Gasteiger partial charge is 0.386 e. The zero-order valence-corrected chi connectivity index (χ0v) is 13.8. The van der Waals surface area contributed by atoms with E-state index in [-0.39, 0.29) is 12.3 Å². The van der Waals surface area contributed by atoms with Crippen LogP contribution < -0.4 is 4.72 Å². The molecule has 0 saturated carbocycles. The minimum absolute atomic E-state index is 0.0475. The number of aliphatic hydroxyl groups excluding tert-OH is 1. The highest BCUT2D eigenvalue weighted by atomic mass is 35.5. The number of sulfonamides is 1. The predicted molar refractivity (Wildman–Crippen MR) is 86.1 cm³/mol. The molecule has 1 aromatic heterocycles. The second kappa shape index (κ2) is 6.89. The van der Waals surface area contributed by atoms with Crippen LogP contribution in [-0.4, -0.2) is 20.1 Å². The summed E-state index contributed by atoms with van der Waals surface area (Å²) in [6, 6.07) is 8.69. The predicted octanol–water partition coefficient (Wildman–Crippen LogP) is 2.86. The quantitative estimate of drug-likeness (QED) is 0.846. The van der Waals surface area contributed by atoms with E-state index in [1.54, 1.807) is 24.3 Å². The summed E-state index contributed by atoms with van der Waals surface area (Å²) in [5, 5.41) is 12.3. The SMILES string of the molecule is Cc1ccsc1[C@@H](O)CNS(=O)(=O)Cc1ccccc1Cl. The van der Waals surface area contributed by atoms with Gasteiger partial charge in [-0.2, -0.15) is 0 Å². The first-order chi connectivity index (χ1) is 9.89. The maximum atomic E-state index is 12.0. The van der Waals surface area contributed by atoms with E-state index in [1.165, 1.54) is 11.3 Å². The van der Waals surface area contributed by atoms with Crippen LogP contribution in [-0.2, 0) is 15.8 Å². The highest BCUT2D eigenvalue weighted by Gasteiger charge is 2.18. The van der Waals surface area contributed by atoms with Crippen LogP contribution in [0.25, 0.3) is 0 Å². The summed E-state index contributed by atoms with van der Waals surface area (Å²) in [5.41, 5.74) is 1.49. The maximum absolute atomic E-state index is 12.0. The number of halogens is 1. The van der Waals surface area contributed by atoms with Gasteiger partial charge in [-0.25, -0.2) is 13.1 Å². The molecule has 0 aliphatic rings. The molecule has 0 bridgehead atoms. The van der Waals surface area contributed by atoms with Crippen LogP contribution in [0, 0.1) is 6.92 Å². The van der Waals surface area contributed by atoms with Gasteiger partial charge in [0.1, 0.15) is 6.10 Å². The fourth-order valence-corrected chi connectivity index (χ4v) is 4.27. The molecule has 4 nitrogen and oxygen atoms in total. The zero-order valence-electron chi connectivity index (χ0n) is 11.4. The van der Waals surface area contributed by atoms with Crippen LogP contribution in [0.2, 0.25) is 5.02 Å². The third kappa shape index (κ3) is 4.52. The van der Waals surface area contributed by atoms with E-state index >= 15 is 0 Å². The molecule has 21 heavy (non-hydrogen) atoms. The van der Waals surface area contributed by atoms with Gasteiger partial charge >= 0.3 is 0 Å². The van der Waals surface area contributed by atoms with Crippen molar-refractivity contribution in [1.82, 2.24) is 4.72 Å². The van der Waals surface area contributed by atoms with Crippen molar-refractivity contribution in [2.75, 3.05) is 6.54 Å². The lowest BCUT2D eigenvalue weighted by Gasteiger charge is -2.12. The topological polar surface area (TPSA) is 66.4 Å². The molecular formula is C14H16ClNO3S2. The lowest BCUT2D eigenvalue weighted by molar-refractivity contribution is 0.185. The highest BCUT2D eigenvalue weighted by molar-refractivity contribution is 7.88. The van der Waals surface area contributed by atoms with Crippen LogP contribution >= 0.6 is 22.9 Å². The summed E-state index contributed by atoms with van der Waals surface area (Å²) < 4.78 is 26.5. The van der Waals surface area contributed by atoms with Gasteiger partial charge in [0, 0.05) is 16.4 Å². The van der Waals surface area contributed by atoms with E-state index in [4.69, 9.17) is 11.6 Å². The molecule has 114 valence electrons. The molecule has 0 saturated heterocycles. The fourth-order valence-electron chi connectivity index (χ4n) is 1.90. The van der Waals surface area contributed by atoms with E-state index < -0.39 is 16.1 Å². The number of hydrogen-bond donors (Lipinski definition) is 2. The Morgan fingerprint density at radius 2 is 2.05 bits per heavy atom. The summed E-state index contributed by atoms with van der Waals surface area (Å²) in [6.07, 6.45) is -0.842. The van der Waals surface area contributed by atoms with E-state index in [1.807, 2.05) is 18.4 Å². The molecule has 1 aromatic carbocycles. The minimum Gasteiger partial charge on any atom is -0.386 e. The smallest absolute Gasteiger partial charge is 0.215 e. The van der Waals surface area contributed by atoms with Crippen molar-refractivity contribution in [1.29, 1.82) is 0 Å². The molecule has 0 spiro atoms. The maximum Gasteiger partial charge on any atom is 0.215 e. The lowest BCUT2D eigenvalue weighted by atomic mass is 10.2. The summed E-state index contributed by atoms with van der Waals surface area (Å²) in [5.74, 6) is -0.206. The van der Waals surface area contributed by atoms with Gasteiger partial charge in [-0.1, -0.05) is 29.8 Å². The minimum atomic E-state index is -3.55. The summed E-state index contributed by atoms with van der Waals surface area (Å²) in [6.45, 7) is 1.83. The Kier molecular flexibility index (Phi) is 5.40. The molecule has 0 unspecified atom stereocenters. The Morgan fingerprint density at radius 1 is 1.33 bits per heavy atom. The molecule has 0 aliphatic heterocycles. The van der Waals surface area contributed by atoms with E-state index in [0.29, 0.717) is 10.6 Å². The Bertz CT molecular complexity index is 713. The summed E-state index contributed by atoms with van der Waals surface area (Å²) in [4.78, 5) is 0.774. The van der Waals surface area contributed by atoms with Crippen molar-refractivity contribution in [3.63, 3.8) is 0 Å². The second-order valence-electron chi connectivity index (χ2n) is 4.68. The Balaban J connectivity index is 1.99. The standard InChI is InChI=1S/C14H16ClNO3S2/c1-10-6-7-20-14(10)13(17)8-16-21(18,19)9-11-4-2-3-5-12(11)15/h2-7,13,16-17H,8-9H2,1H3/t13-/m0/s1.